The first-order chi connectivity index (χ1) is 10.1. The van der Waals surface area contributed by atoms with E-state index in [2.05, 4.69) is 4.98 Å². The number of nitrogens with zero attached hydrogens (tertiary/aromatic N) is 2. The third-order valence-corrected chi connectivity index (χ3v) is 3.23. The van der Waals surface area contributed by atoms with Gasteiger partial charge < -0.3 is 19.8 Å². The first-order valence-electron chi connectivity index (χ1n) is 6.81. The topological polar surface area (TPSA) is 62.3 Å². The molecule has 22 heavy (non-hydrogen) atoms. The Hall–Kier alpha value is -1.96. The van der Waals surface area contributed by atoms with Crippen LogP contribution in [0.2, 0.25) is 0 Å². The van der Waals surface area contributed by atoms with Crippen LogP contribution in [-0.2, 0) is 12.7 Å². The van der Waals surface area contributed by atoms with Crippen LogP contribution in [0.15, 0.2) is 12.1 Å². The molecule has 0 amide bonds. The lowest BCUT2D eigenvalue weighted by Crippen LogP contribution is -2.38. The van der Waals surface area contributed by atoms with Gasteiger partial charge in [-0.1, -0.05) is 0 Å². The first-order valence-corrected chi connectivity index (χ1v) is 6.81. The molecular formula is C14H16F3N3O2. The Labute approximate surface area is 124 Å². The van der Waals surface area contributed by atoms with Gasteiger partial charge >= 0.3 is 6.18 Å². The zero-order valence-electron chi connectivity index (χ0n) is 12.2. The molecule has 0 atom stereocenters. The maximum absolute atomic E-state index is 13.3. The SMILES string of the molecule is CC(C)(N)Cn1c(C(F)(F)F)nc2cc3c(cc21)OCCO3. The van der Waals surface area contributed by atoms with E-state index in [4.69, 9.17) is 15.2 Å². The van der Waals surface area contributed by atoms with Gasteiger partial charge in [-0.25, -0.2) is 4.98 Å². The van der Waals surface area contributed by atoms with Crippen LogP contribution in [-0.4, -0.2) is 28.3 Å². The number of alkyl halides is 3. The molecule has 0 saturated carbocycles. The fourth-order valence-electron chi connectivity index (χ4n) is 2.45. The number of ether oxygens (including phenoxy) is 2. The van der Waals surface area contributed by atoms with Crippen molar-refractivity contribution in [2.45, 2.75) is 32.1 Å². The molecule has 2 aromatic rings. The molecule has 8 heteroatoms. The summed E-state index contributed by atoms with van der Waals surface area (Å²) in [5.41, 5.74) is 5.62. The van der Waals surface area contributed by atoms with Gasteiger partial charge in [0, 0.05) is 24.2 Å². The molecule has 0 bridgehead atoms. The Bertz CT molecular complexity index is 717. The molecule has 0 spiro atoms. The van der Waals surface area contributed by atoms with Gasteiger partial charge in [-0.3, -0.25) is 0 Å². The molecule has 0 radical (unpaired) electrons. The number of rotatable bonds is 2. The number of hydrogen-bond donors (Lipinski definition) is 1. The Morgan fingerprint density at radius 1 is 1.18 bits per heavy atom. The minimum Gasteiger partial charge on any atom is -0.486 e. The molecule has 120 valence electrons. The second kappa shape index (κ2) is 4.77. The number of aromatic nitrogens is 2. The van der Waals surface area contributed by atoms with Gasteiger partial charge in [-0.15, -0.1) is 0 Å². The van der Waals surface area contributed by atoms with E-state index in [1.54, 1.807) is 13.8 Å². The average molecular weight is 315 g/mol. The van der Waals surface area contributed by atoms with Gasteiger partial charge in [-0.2, -0.15) is 13.2 Å². The summed E-state index contributed by atoms with van der Waals surface area (Å²) in [5.74, 6) is -0.143. The highest BCUT2D eigenvalue weighted by Crippen LogP contribution is 2.38. The van der Waals surface area contributed by atoms with E-state index in [9.17, 15) is 13.2 Å². The van der Waals surface area contributed by atoms with Crippen LogP contribution >= 0.6 is 0 Å². The second-order valence-corrected chi connectivity index (χ2v) is 5.99. The van der Waals surface area contributed by atoms with Gasteiger partial charge in [0.15, 0.2) is 11.5 Å². The zero-order valence-corrected chi connectivity index (χ0v) is 12.2. The summed E-state index contributed by atoms with van der Waals surface area (Å²) >= 11 is 0. The number of benzene rings is 1. The van der Waals surface area contributed by atoms with Crippen molar-refractivity contribution >= 4 is 11.0 Å². The van der Waals surface area contributed by atoms with Crippen LogP contribution in [0.4, 0.5) is 13.2 Å². The van der Waals surface area contributed by atoms with Gasteiger partial charge in [0.25, 0.3) is 0 Å². The lowest BCUT2D eigenvalue weighted by molar-refractivity contribution is -0.147. The Balaban J connectivity index is 2.23. The van der Waals surface area contributed by atoms with E-state index in [0.717, 1.165) is 4.57 Å². The molecule has 0 aliphatic carbocycles. The Morgan fingerprint density at radius 2 is 1.77 bits per heavy atom. The molecule has 2 N–H and O–H groups in total. The van der Waals surface area contributed by atoms with E-state index in [0.29, 0.717) is 30.2 Å². The highest BCUT2D eigenvalue weighted by Gasteiger charge is 2.38. The Kier molecular flexibility index (Phi) is 3.24. The maximum atomic E-state index is 13.3. The van der Waals surface area contributed by atoms with E-state index < -0.39 is 17.5 Å². The zero-order chi connectivity index (χ0) is 16.1. The predicted molar refractivity (Wildman–Crippen MR) is 74.0 cm³/mol. The van der Waals surface area contributed by atoms with Gasteiger partial charge in [-0.05, 0) is 13.8 Å². The molecular weight excluding hydrogens is 299 g/mol. The van der Waals surface area contributed by atoms with E-state index >= 15 is 0 Å². The third kappa shape index (κ3) is 2.70. The fraction of sp³-hybridized carbons (Fsp3) is 0.500. The lowest BCUT2D eigenvalue weighted by atomic mass is 10.1. The molecule has 1 aromatic carbocycles. The van der Waals surface area contributed by atoms with Crippen molar-refractivity contribution in [1.82, 2.24) is 9.55 Å². The average Bonchev–Trinajstić information content (AvgIpc) is 2.72. The first kappa shape index (κ1) is 15.0. The molecule has 3 rings (SSSR count). The van der Waals surface area contributed by atoms with Gasteiger partial charge in [0.05, 0.1) is 11.0 Å². The van der Waals surface area contributed by atoms with E-state index in [-0.39, 0.29) is 12.1 Å². The van der Waals surface area contributed by atoms with Crippen LogP contribution in [0.1, 0.15) is 19.7 Å². The van der Waals surface area contributed by atoms with E-state index in [1.807, 2.05) is 0 Å². The number of imidazole rings is 1. The smallest absolute Gasteiger partial charge is 0.449 e. The molecule has 5 nitrogen and oxygen atoms in total. The minimum atomic E-state index is -4.56. The molecule has 0 fully saturated rings. The number of fused-ring (bicyclic) bond motifs is 2. The number of halogens is 3. The summed E-state index contributed by atoms with van der Waals surface area (Å²) in [5, 5.41) is 0. The number of hydrogen-bond acceptors (Lipinski definition) is 4. The van der Waals surface area contributed by atoms with Crippen molar-refractivity contribution in [2.24, 2.45) is 5.73 Å². The predicted octanol–water partition coefficient (Wildman–Crippen LogP) is 2.56. The minimum absolute atomic E-state index is 0.0159. The van der Waals surface area contributed by atoms with E-state index in [1.165, 1.54) is 12.1 Å². The summed E-state index contributed by atoms with van der Waals surface area (Å²) in [6, 6.07) is 3.00. The number of nitrogens with two attached hydrogens (primary N) is 1. The molecule has 1 aliphatic heterocycles. The van der Waals surface area contributed by atoms with Crippen LogP contribution in [0.25, 0.3) is 11.0 Å². The quantitative estimate of drug-likeness (QED) is 0.925. The maximum Gasteiger partial charge on any atom is 0.449 e. The summed E-state index contributed by atoms with van der Waals surface area (Å²) in [4.78, 5) is 3.72. The molecule has 2 heterocycles. The Morgan fingerprint density at radius 3 is 2.32 bits per heavy atom. The molecule has 0 saturated heterocycles. The summed E-state index contributed by atoms with van der Waals surface area (Å²) < 4.78 is 51.7. The monoisotopic (exact) mass is 315 g/mol. The van der Waals surface area contributed by atoms with Gasteiger partial charge in [0.1, 0.15) is 13.2 Å². The van der Waals surface area contributed by atoms with Crippen molar-refractivity contribution < 1.29 is 22.6 Å². The largest absolute Gasteiger partial charge is 0.486 e. The summed E-state index contributed by atoms with van der Waals surface area (Å²) in [7, 11) is 0. The van der Waals surface area contributed by atoms with Crippen LogP contribution in [0, 0.1) is 0 Å². The molecule has 1 aromatic heterocycles. The van der Waals surface area contributed by atoms with Crippen molar-refractivity contribution in [3.63, 3.8) is 0 Å². The van der Waals surface area contributed by atoms with Crippen LogP contribution in [0.3, 0.4) is 0 Å². The van der Waals surface area contributed by atoms with Crippen LogP contribution < -0.4 is 15.2 Å². The highest BCUT2D eigenvalue weighted by atomic mass is 19.4. The fourth-order valence-corrected chi connectivity index (χ4v) is 2.45. The van der Waals surface area contributed by atoms with Crippen molar-refractivity contribution in [3.05, 3.63) is 18.0 Å². The highest BCUT2D eigenvalue weighted by molar-refractivity contribution is 5.81. The van der Waals surface area contributed by atoms with Crippen molar-refractivity contribution in [1.29, 1.82) is 0 Å². The summed E-state index contributed by atoms with van der Waals surface area (Å²) in [6.45, 7) is 4.04. The van der Waals surface area contributed by atoms with Crippen LogP contribution in [0.5, 0.6) is 11.5 Å². The molecule has 0 unspecified atom stereocenters. The van der Waals surface area contributed by atoms with Crippen molar-refractivity contribution in [2.75, 3.05) is 13.2 Å². The second-order valence-electron chi connectivity index (χ2n) is 5.99. The molecule has 1 aliphatic rings. The normalized spacial score (nSPS) is 15.4. The standard InChI is InChI=1S/C14H16F3N3O2/c1-13(2,18)7-20-9-6-11-10(21-3-4-22-11)5-8(9)19-12(20)14(15,16)17/h5-6H,3-4,7,18H2,1-2H3. The lowest BCUT2D eigenvalue weighted by Gasteiger charge is -2.22. The van der Waals surface area contributed by atoms with Gasteiger partial charge in [0.2, 0.25) is 5.82 Å². The summed E-state index contributed by atoms with van der Waals surface area (Å²) in [6.07, 6.45) is -4.56. The third-order valence-electron chi connectivity index (χ3n) is 3.23. The van der Waals surface area contributed by atoms with Crippen molar-refractivity contribution in [3.8, 4) is 11.5 Å².